The summed E-state index contributed by atoms with van der Waals surface area (Å²) in [6.45, 7) is 0. The van der Waals surface area contributed by atoms with Crippen LogP contribution in [0.3, 0.4) is 0 Å². The maximum atomic E-state index is 5.20. The summed E-state index contributed by atoms with van der Waals surface area (Å²) in [5.41, 5.74) is 2.75. The summed E-state index contributed by atoms with van der Waals surface area (Å²) in [5.74, 6) is 0.470. The average Bonchev–Trinajstić information content (AvgIpc) is 3.04. The molecule has 0 bridgehead atoms. The highest BCUT2D eigenvalue weighted by molar-refractivity contribution is 5.60. The molecule has 0 saturated carbocycles. The standard InChI is InChI=1S/C16H15N3O2/c1-20-15-11-13(17-16(18-15)21-2)14-9-6-10-19(14)12-7-4-3-5-8-12/h3-11H,1-2H3. The smallest absolute Gasteiger partial charge is 0.320 e. The third kappa shape index (κ3) is 2.58. The summed E-state index contributed by atoms with van der Waals surface area (Å²) in [4.78, 5) is 8.51. The van der Waals surface area contributed by atoms with Crippen molar-refractivity contribution in [2.75, 3.05) is 14.2 Å². The molecule has 0 spiro atoms. The molecule has 21 heavy (non-hydrogen) atoms. The van der Waals surface area contributed by atoms with E-state index < -0.39 is 0 Å². The van der Waals surface area contributed by atoms with Crippen LogP contribution in [0.25, 0.3) is 17.1 Å². The molecule has 0 fully saturated rings. The molecular weight excluding hydrogens is 266 g/mol. The van der Waals surface area contributed by atoms with E-state index in [-0.39, 0.29) is 6.01 Å². The lowest BCUT2D eigenvalue weighted by Crippen LogP contribution is -2.00. The van der Waals surface area contributed by atoms with Gasteiger partial charge in [0.05, 0.1) is 25.6 Å². The Hall–Kier alpha value is -2.82. The van der Waals surface area contributed by atoms with Gasteiger partial charge in [-0.2, -0.15) is 9.97 Å². The van der Waals surface area contributed by atoms with Crippen LogP contribution in [0.4, 0.5) is 0 Å². The Morgan fingerprint density at radius 2 is 1.71 bits per heavy atom. The Balaban J connectivity index is 2.12. The van der Waals surface area contributed by atoms with Gasteiger partial charge in [0, 0.05) is 18.0 Å². The predicted octanol–water partition coefficient (Wildman–Crippen LogP) is 2.95. The number of methoxy groups -OCH3 is 2. The zero-order valence-electron chi connectivity index (χ0n) is 11.9. The molecule has 0 N–H and O–H groups in total. The van der Waals surface area contributed by atoms with Crippen LogP contribution >= 0.6 is 0 Å². The highest BCUT2D eigenvalue weighted by atomic mass is 16.5. The molecule has 5 heteroatoms. The topological polar surface area (TPSA) is 49.2 Å². The third-order valence-electron chi connectivity index (χ3n) is 3.12. The molecule has 2 aromatic heterocycles. The van der Waals surface area contributed by atoms with Crippen molar-refractivity contribution < 1.29 is 9.47 Å². The molecule has 0 saturated heterocycles. The first-order chi connectivity index (χ1) is 10.3. The Labute approximate surface area is 122 Å². The minimum atomic E-state index is 0.283. The van der Waals surface area contributed by atoms with Gasteiger partial charge in [0.2, 0.25) is 5.88 Å². The first kappa shape index (κ1) is 13.2. The van der Waals surface area contributed by atoms with Crippen molar-refractivity contribution in [2.45, 2.75) is 0 Å². The summed E-state index contributed by atoms with van der Waals surface area (Å²) < 4.78 is 12.4. The van der Waals surface area contributed by atoms with Gasteiger partial charge in [0.15, 0.2) is 0 Å². The van der Waals surface area contributed by atoms with E-state index >= 15 is 0 Å². The number of nitrogens with zero attached hydrogens (tertiary/aromatic N) is 3. The second kappa shape index (κ2) is 5.66. The molecule has 0 radical (unpaired) electrons. The van der Waals surface area contributed by atoms with E-state index in [2.05, 4.69) is 14.5 Å². The molecule has 1 aromatic carbocycles. The molecular formula is C16H15N3O2. The number of para-hydroxylation sites is 1. The lowest BCUT2D eigenvalue weighted by Gasteiger charge is -2.10. The molecule has 3 rings (SSSR count). The molecule has 5 nitrogen and oxygen atoms in total. The first-order valence-corrected chi connectivity index (χ1v) is 6.52. The zero-order chi connectivity index (χ0) is 14.7. The lowest BCUT2D eigenvalue weighted by atomic mass is 10.2. The number of ether oxygens (including phenoxy) is 2. The maximum absolute atomic E-state index is 5.20. The van der Waals surface area contributed by atoms with Gasteiger partial charge in [-0.05, 0) is 24.3 Å². The summed E-state index contributed by atoms with van der Waals surface area (Å²) in [7, 11) is 3.11. The van der Waals surface area contributed by atoms with Crippen molar-refractivity contribution >= 4 is 0 Å². The third-order valence-corrected chi connectivity index (χ3v) is 3.12. The van der Waals surface area contributed by atoms with E-state index in [0.29, 0.717) is 5.88 Å². The van der Waals surface area contributed by atoms with Gasteiger partial charge >= 0.3 is 6.01 Å². The Morgan fingerprint density at radius 1 is 0.905 bits per heavy atom. The fraction of sp³-hybridized carbons (Fsp3) is 0.125. The van der Waals surface area contributed by atoms with Crippen molar-refractivity contribution in [1.82, 2.24) is 14.5 Å². The van der Waals surface area contributed by atoms with Gasteiger partial charge in [-0.15, -0.1) is 0 Å². The Bertz CT molecular complexity index is 716. The number of rotatable bonds is 4. The quantitative estimate of drug-likeness (QED) is 0.737. The van der Waals surface area contributed by atoms with Crippen LogP contribution in [0.1, 0.15) is 0 Å². The van der Waals surface area contributed by atoms with Crippen molar-refractivity contribution in [3.8, 4) is 29.0 Å². The summed E-state index contributed by atoms with van der Waals surface area (Å²) in [5, 5.41) is 0. The van der Waals surface area contributed by atoms with E-state index in [4.69, 9.17) is 9.47 Å². The highest BCUT2D eigenvalue weighted by Crippen LogP contribution is 2.26. The van der Waals surface area contributed by atoms with E-state index in [1.165, 1.54) is 7.11 Å². The maximum Gasteiger partial charge on any atom is 0.320 e. The zero-order valence-corrected chi connectivity index (χ0v) is 11.9. The van der Waals surface area contributed by atoms with Crippen molar-refractivity contribution in [3.05, 3.63) is 54.7 Å². The van der Waals surface area contributed by atoms with Crippen molar-refractivity contribution in [1.29, 1.82) is 0 Å². The normalized spacial score (nSPS) is 10.4. The van der Waals surface area contributed by atoms with Gasteiger partial charge < -0.3 is 14.0 Å². The molecule has 0 unspecified atom stereocenters. The SMILES string of the molecule is COc1cc(-c2cccn2-c2ccccc2)nc(OC)n1. The van der Waals surface area contributed by atoms with E-state index in [1.54, 1.807) is 13.2 Å². The number of hydrogen-bond donors (Lipinski definition) is 0. The van der Waals surface area contributed by atoms with Crippen LogP contribution in [0.15, 0.2) is 54.7 Å². The Kier molecular flexibility index (Phi) is 3.55. The van der Waals surface area contributed by atoms with E-state index in [9.17, 15) is 0 Å². The number of aromatic nitrogens is 3. The molecule has 3 aromatic rings. The second-order valence-electron chi connectivity index (χ2n) is 4.38. The number of hydrogen-bond acceptors (Lipinski definition) is 4. The Morgan fingerprint density at radius 3 is 2.43 bits per heavy atom. The highest BCUT2D eigenvalue weighted by Gasteiger charge is 2.11. The van der Waals surface area contributed by atoms with Crippen LogP contribution in [0.2, 0.25) is 0 Å². The second-order valence-corrected chi connectivity index (χ2v) is 4.38. The molecule has 0 atom stereocenters. The van der Waals surface area contributed by atoms with Crippen LogP contribution in [-0.4, -0.2) is 28.8 Å². The fourth-order valence-corrected chi connectivity index (χ4v) is 2.13. The van der Waals surface area contributed by atoms with E-state index in [0.717, 1.165) is 17.1 Å². The monoisotopic (exact) mass is 281 g/mol. The molecule has 106 valence electrons. The first-order valence-electron chi connectivity index (χ1n) is 6.52. The van der Waals surface area contributed by atoms with Crippen molar-refractivity contribution in [2.24, 2.45) is 0 Å². The van der Waals surface area contributed by atoms with Crippen LogP contribution < -0.4 is 9.47 Å². The minimum absolute atomic E-state index is 0.283. The molecule has 2 heterocycles. The minimum Gasteiger partial charge on any atom is -0.481 e. The fourth-order valence-electron chi connectivity index (χ4n) is 2.13. The summed E-state index contributed by atoms with van der Waals surface area (Å²) in [6.07, 6.45) is 1.99. The largest absolute Gasteiger partial charge is 0.481 e. The number of benzene rings is 1. The summed E-state index contributed by atoms with van der Waals surface area (Å²) >= 11 is 0. The molecule has 0 amide bonds. The molecule has 0 aliphatic heterocycles. The average molecular weight is 281 g/mol. The van der Waals surface area contributed by atoms with Gasteiger partial charge in [0.1, 0.15) is 0 Å². The van der Waals surface area contributed by atoms with Gasteiger partial charge in [-0.3, -0.25) is 0 Å². The molecule has 0 aliphatic rings. The predicted molar refractivity (Wildman–Crippen MR) is 79.9 cm³/mol. The van der Waals surface area contributed by atoms with Crippen molar-refractivity contribution in [3.63, 3.8) is 0 Å². The van der Waals surface area contributed by atoms with E-state index in [1.807, 2.05) is 48.7 Å². The van der Waals surface area contributed by atoms with Crippen LogP contribution in [0, 0.1) is 0 Å². The molecule has 0 aliphatic carbocycles. The lowest BCUT2D eigenvalue weighted by molar-refractivity contribution is 0.352. The summed E-state index contributed by atoms with van der Waals surface area (Å²) in [6, 6.07) is 16.1. The van der Waals surface area contributed by atoms with Gasteiger partial charge in [-0.25, -0.2) is 0 Å². The van der Waals surface area contributed by atoms with Crippen LogP contribution in [-0.2, 0) is 0 Å². The van der Waals surface area contributed by atoms with Gasteiger partial charge in [0.25, 0.3) is 0 Å². The van der Waals surface area contributed by atoms with Crippen LogP contribution in [0.5, 0.6) is 11.9 Å². The van der Waals surface area contributed by atoms with Gasteiger partial charge in [-0.1, -0.05) is 18.2 Å².